The topological polar surface area (TPSA) is 64.0 Å². The summed E-state index contributed by atoms with van der Waals surface area (Å²) in [5.74, 6) is 1.11. The summed E-state index contributed by atoms with van der Waals surface area (Å²) < 4.78 is 2.23. The van der Waals surface area contributed by atoms with Gasteiger partial charge in [-0.2, -0.15) is 0 Å². The van der Waals surface area contributed by atoms with Gasteiger partial charge in [0.25, 0.3) is 0 Å². The van der Waals surface area contributed by atoms with Gasteiger partial charge >= 0.3 is 0 Å². The zero-order valence-corrected chi connectivity index (χ0v) is 19.8. The molecule has 1 aliphatic heterocycles. The molecule has 1 unspecified atom stereocenters. The van der Waals surface area contributed by atoms with Crippen molar-refractivity contribution in [3.63, 3.8) is 0 Å². The van der Waals surface area contributed by atoms with E-state index in [2.05, 4.69) is 23.4 Å². The summed E-state index contributed by atoms with van der Waals surface area (Å²) in [5.41, 5.74) is 1.32. The second kappa shape index (κ2) is 12.9. The van der Waals surface area contributed by atoms with Crippen molar-refractivity contribution in [2.75, 3.05) is 26.2 Å². The summed E-state index contributed by atoms with van der Waals surface area (Å²) in [6.45, 7) is 4.78. The van der Waals surface area contributed by atoms with Crippen LogP contribution in [0.4, 0.5) is 0 Å². The molecule has 1 heterocycles. The molecule has 1 atom stereocenters. The number of hydrogen-bond donors (Lipinski definition) is 2. The fourth-order valence-corrected chi connectivity index (χ4v) is 5.35. The lowest BCUT2D eigenvalue weighted by Gasteiger charge is -2.28. The molecule has 0 radical (unpaired) electrons. The summed E-state index contributed by atoms with van der Waals surface area (Å²) in [6, 6.07) is 17.4. The lowest BCUT2D eigenvalue weighted by atomic mass is 10.1. The molecule has 1 amide bonds. The smallest absolute Gasteiger partial charge is 0.222 e. The SMILES string of the molecule is Cc1ccccc1.O=C1CCCN1CC(O)CN(CC1CCCC1)Sc1ccc(O)cc1. The van der Waals surface area contributed by atoms with Gasteiger partial charge in [-0.15, -0.1) is 0 Å². The van der Waals surface area contributed by atoms with Gasteiger partial charge < -0.3 is 15.1 Å². The van der Waals surface area contributed by atoms with Crippen molar-refractivity contribution in [2.45, 2.75) is 56.4 Å². The Kier molecular flexibility index (Phi) is 9.90. The predicted octanol–water partition coefficient (Wildman–Crippen LogP) is 4.87. The van der Waals surface area contributed by atoms with Gasteiger partial charge in [-0.05, 0) is 68.3 Å². The van der Waals surface area contributed by atoms with Gasteiger partial charge in [-0.1, -0.05) is 48.7 Å². The van der Waals surface area contributed by atoms with E-state index in [1.165, 1.54) is 31.2 Å². The van der Waals surface area contributed by atoms with Crippen molar-refractivity contribution in [1.29, 1.82) is 0 Å². The third-order valence-electron chi connectivity index (χ3n) is 5.97. The standard InChI is InChI=1S/C19H28N2O3S.C7H8/c22-16-7-9-18(10-8-16)25-21(12-15-4-1-2-5-15)14-17(23)13-20-11-3-6-19(20)24;1-7-5-3-2-4-6-7/h7-10,15,17,22-23H,1-6,11-14H2;2-6H,1H3. The zero-order valence-electron chi connectivity index (χ0n) is 19.0. The van der Waals surface area contributed by atoms with Gasteiger partial charge in [0.2, 0.25) is 5.91 Å². The van der Waals surface area contributed by atoms with Crippen molar-refractivity contribution < 1.29 is 15.0 Å². The summed E-state index contributed by atoms with van der Waals surface area (Å²) >= 11 is 1.63. The number of aryl methyl sites for hydroxylation is 1. The monoisotopic (exact) mass is 456 g/mol. The Morgan fingerprint density at radius 3 is 2.31 bits per heavy atom. The van der Waals surface area contributed by atoms with E-state index in [1.807, 2.05) is 30.3 Å². The number of aliphatic hydroxyl groups excluding tert-OH is 1. The van der Waals surface area contributed by atoms with E-state index in [9.17, 15) is 15.0 Å². The molecule has 32 heavy (non-hydrogen) atoms. The first-order valence-corrected chi connectivity index (χ1v) is 12.5. The second-order valence-electron chi connectivity index (χ2n) is 8.83. The highest BCUT2D eigenvalue weighted by Gasteiger charge is 2.25. The van der Waals surface area contributed by atoms with Crippen molar-refractivity contribution in [3.05, 3.63) is 60.2 Å². The Hall–Kier alpha value is -2.02. The normalized spacial score (nSPS) is 17.5. The van der Waals surface area contributed by atoms with Crippen molar-refractivity contribution in [1.82, 2.24) is 9.21 Å². The first-order valence-electron chi connectivity index (χ1n) is 11.7. The van der Waals surface area contributed by atoms with E-state index < -0.39 is 6.10 Å². The highest BCUT2D eigenvalue weighted by atomic mass is 32.2. The third kappa shape index (κ3) is 8.49. The molecule has 2 aliphatic rings. The Bertz CT molecular complexity index is 810. The van der Waals surface area contributed by atoms with Crippen molar-refractivity contribution in [2.24, 2.45) is 5.92 Å². The maximum Gasteiger partial charge on any atom is 0.222 e. The summed E-state index contributed by atoms with van der Waals surface area (Å²) in [5, 5.41) is 20.0. The molecule has 1 saturated heterocycles. The van der Waals surface area contributed by atoms with Crippen LogP contribution in [0.3, 0.4) is 0 Å². The predicted molar refractivity (Wildman–Crippen MR) is 130 cm³/mol. The molecule has 2 aromatic carbocycles. The number of aliphatic hydroxyl groups is 1. The minimum absolute atomic E-state index is 0.160. The molecule has 4 rings (SSSR count). The average Bonchev–Trinajstić information content (AvgIpc) is 3.43. The van der Waals surface area contributed by atoms with E-state index in [4.69, 9.17) is 0 Å². The average molecular weight is 457 g/mol. The van der Waals surface area contributed by atoms with Crippen molar-refractivity contribution >= 4 is 17.9 Å². The quantitative estimate of drug-likeness (QED) is 0.555. The number of carbonyl (C=O) groups is 1. The summed E-state index contributed by atoms with van der Waals surface area (Å²) in [6.07, 6.45) is 6.09. The second-order valence-corrected chi connectivity index (χ2v) is 10.0. The van der Waals surface area contributed by atoms with E-state index in [1.54, 1.807) is 29.0 Å². The number of likely N-dealkylation sites (tertiary alicyclic amines) is 1. The van der Waals surface area contributed by atoms with Gasteiger partial charge in [0, 0.05) is 37.5 Å². The largest absolute Gasteiger partial charge is 0.508 e. The van der Waals surface area contributed by atoms with Crippen LogP contribution in [0.25, 0.3) is 0 Å². The van der Waals surface area contributed by atoms with Gasteiger partial charge in [0.1, 0.15) is 5.75 Å². The van der Waals surface area contributed by atoms with Gasteiger partial charge in [0.05, 0.1) is 6.10 Å². The maximum absolute atomic E-state index is 11.8. The minimum atomic E-state index is -0.534. The van der Waals surface area contributed by atoms with Crippen LogP contribution in [0, 0.1) is 12.8 Å². The molecule has 5 nitrogen and oxygen atoms in total. The van der Waals surface area contributed by atoms with Crippen LogP contribution < -0.4 is 0 Å². The van der Waals surface area contributed by atoms with Crippen LogP contribution in [0.2, 0.25) is 0 Å². The highest BCUT2D eigenvalue weighted by molar-refractivity contribution is 7.97. The Morgan fingerprint density at radius 1 is 1.06 bits per heavy atom. The van der Waals surface area contributed by atoms with E-state index in [0.29, 0.717) is 25.4 Å². The molecular formula is C26H36N2O3S. The van der Waals surface area contributed by atoms with E-state index in [0.717, 1.165) is 24.4 Å². The fraction of sp³-hybridized carbons (Fsp3) is 0.500. The third-order valence-corrected chi connectivity index (χ3v) is 7.00. The van der Waals surface area contributed by atoms with Crippen LogP contribution in [-0.4, -0.2) is 57.6 Å². The molecule has 2 aromatic rings. The molecule has 0 bridgehead atoms. The molecule has 0 aromatic heterocycles. The number of phenolic OH excluding ortho intramolecular Hbond substituents is 1. The van der Waals surface area contributed by atoms with E-state index in [-0.39, 0.29) is 11.7 Å². The molecule has 1 aliphatic carbocycles. The lowest BCUT2D eigenvalue weighted by Crippen LogP contribution is -2.39. The number of rotatable bonds is 8. The molecular weight excluding hydrogens is 420 g/mol. The fourth-order valence-electron chi connectivity index (χ4n) is 4.26. The van der Waals surface area contributed by atoms with Gasteiger partial charge in [-0.25, -0.2) is 4.31 Å². The number of β-amino-alcohol motifs (C(OH)–C–C–N with tert-alkyl or cyclic N) is 1. The zero-order chi connectivity index (χ0) is 22.8. The number of nitrogens with zero attached hydrogens (tertiary/aromatic N) is 2. The van der Waals surface area contributed by atoms with Crippen LogP contribution in [0.15, 0.2) is 59.5 Å². The summed E-state index contributed by atoms with van der Waals surface area (Å²) in [4.78, 5) is 14.6. The molecule has 6 heteroatoms. The number of benzene rings is 2. The Balaban J connectivity index is 0.000000352. The summed E-state index contributed by atoms with van der Waals surface area (Å²) in [7, 11) is 0. The van der Waals surface area contributed by atoms with Crippen LogP contribution in [0.1, 0.15) is 44.1 Å². The molecule has 2 N–H and O–H groups in total. The molecule has 1 saturated carbocycles. The van der Waals surface area contributed by atoms with Gasteiger partial charge in [-0.3, -0.25) is 4.79 Å². The van der Waals surface area contributed by atoms with Crippen LogP contribution >= 0.6 is 11.9 Å². The van der Waals surface area contributed by atoms with Crippen LogP contribution in [-0.2, 0) is 4.79 Å². The Labute approximate surface area is 196 Å². The lowest BCUT2D eigenvalue weighted by molar-refractivity contribution is -0.128. The number of carbonyl (C=O) groups excluding carboxylic acids is 1. The molecule has 174 valence electrons. The molecule has 2 fully saturated rings. The first kappa shape index (κ1) is 24.6. The minimum Gasteiger partial charge on any atom is -0.508 e. The Morgan fingerprint density at radius 2 is 1.75 bits per heavy atom. The number of aromatic hydroxyl groups is 1. The number of hydrogen-bond acceptors (Lipinski definition) is 5. The number of phenols is 1. The molecule has 0 spiro atoms. The van der Waals surface area contributed by atoms with Gasteiger partial charge in [0.15, 0.2) is 0 Å². The van der Waals surface area contributed by atoms with Crippen LogP contribution in [0.5, 0.6) is 5.75 Å². The first-order chi connectivity index (χ1) is 15.5. The van der Waals surface area contributed by atoms with Crippen molar-refractivity contribution in [3.8, 4) is 5.75 Å². The van der Waals surface area contributed by atoms with E-state index >= 15 is 0 Å². The maximum atomic E-state index is 11.8. The number of amides is 1. The highest BCUT2D eigenvalue weighted by Crippen LogP contribution is 2.31.